The molecule has 0 aromatic heterocycles. The summed E-state index contributed by atoms with van der Waals surface area (Å²) in [6, 6.07) is 15.1. The SMILES string of the molecule is Cc1ccc(O[C@@H](Cc2ccccc2)C(=O)O)cc1C. The molecule has 0 amide bonds. The summed E-state index contributed by atoms with van der Waals surface area (Å²) in [6.07, 6.45) is -0.525. The quantitative estimate of drug-likeness (QED) is 0.906. The predicted octanol–water partition coefficient (Wildman–Crippen LogP) is 3.38. The number of aryl methyl sites for hydroxylation is 2. The molecule has 0 aliphatic heterocycles. The highest BCUT2D eigenvalue weighted by atomic mass is 16.5. The van der Waals surface area contributed by atoms with Crippen molar-refractivity contribution in [2.24, 2.45) is 0 Å². The summed E-state index contributed by atoms with van der Waals surface area (Å²) >= 11 is 0. The van der Waals surface area contributed by atoms with E-state index in [0.717, 1.165) is 16.7 Å². The second kappa shape index (κ2) is 6.24. The van der Waals surface area contributed by atoms with Gasteiger partial charge in [0.25, 0.3) is 0 Å². The fourth-order valence-corrected chi connectivity index (χ4v) is 1.96. The number of carboxylic acids is 1. The van der Waals surface area contributed by atoms with E-state index in [1.165, 1.54) is 0 Å². The Morgan fingerprint density at radius 2 is 1.80 bits per heavy atom. The molecular formula is C17H18O3. The molecule has 0 aliphatic carbocycles. The Morgan fingerprint density at radius 3 is 2.40 bits per heavy atom. The summed E-state index contributed by atoms with van der Waals surface area (Å²) in [5, 5.41) is 9.29. The summed E-state index contributed by atoms with van der Waals surface area (Å²) in [4.78, 5) is 11.3. The van der Waals surface area contributed by atoms with Crippen molar-refractivity contribution in [1.82, 2.24) is 0 Å². The number of ether oxygens (including phenoxy) is 1. The van der Waals surface area contributed by atoms with E-state index < -0.39 is 12.1 Å². The first-order valence-electron chi connectivity index (χ1n) is 6.57. The van der Waals surface area contributed by atoms with E-state index in [2.05, 4.69) is 0 Å². The smallest absolute Gasteiger partial charge is 0.345 e. The van der Waals surface area contributed by atoms with Gasteiger partial charge in [-0.2, -0.15) is 0 Å². The average Bonchev–Trinajstić information content (AvgIpc) is 2.43. The number of carboxylic acid groups (broad SMARTS) is 1. The first kappa shape index (κ1) is 14.1. The van der Waals surface area contributed by atoms with Crippen molar-refractivity contribution in [3.05, 3.63) is 65.2 Å². The van der Waals surface area contributed by atoms with Gasteiger partial charge >= 0.3 is 5.97 Å². The third-order valence-electron chi connectivity index (χ3n) is 3.30. The number of aliphatic carboxylic acids is 1. The lowest BCUT2D eigenvalue weighted by Crippen LogP contribution is -2.29. The zero-order valence-electron chi connectivity index (χ0n) is 11.7. The van der Waals surface area contributed by atoms with Crippen molar-refractivity contribution < 1.29 is 14.6 Å². The monoisotopic (exact) mass is 270 g/mol. The number of benzene rings is 2. The molecule has 104 valence electrons. The normalized spacial score (nSPS) is 11.9. The summed E-state index contributed by atoms with van der Waals surface area (Å²) in [7, 11) is 0. The summed E-state index contributed by atoms with van der Waals surface area (Å²) in [5.74, 6) is -0.358. The highest BCUT2D eigenvalue weighted by molar-refractivity contribution is 5.73. The maximum Gasteiger partial charge on any atom is 0.345 e. The lowest BCUT2D eigenvalue weighted by Gasteiger charge is -2.16. The van der Waals surface area contributed by atoms with Crippen LogP contribution in [0.4, 0.5) is 0 Å². The number of carbonyl (C=O) groups is 1. The van der Waals surface area contributed by atoms with Gasteiger partial charge in [0, 0.05) is 6.42 Å². The molecule has 0 radical (unpaired) electrons. The molecule has 20 heavy (non-hydrogen) atoms. The fraction of sp³-hybridized carbons (Fsp3) is 0.235. The van der Waals surface area contributed by atoms with Gasteiger partial charge in [-0.05, 0) is 42.7 Å². The maximum absolute atomic E-state index is 11.3. The van der Waals surface area contributed by atoms with Crippen LogP contribution in [0.1, 0.15) is 16.7 Å². The summed E-state index contributed by atoms with van der Waals surface area (Å²) < 4.78 is 5.62. The Bertz CT molecular complexity index is 590. The van der Waals surface area contributed by atoms with Crippen LogP contribution in [0.2, 0.25) is 0 Å². The Kier molecular flexibility index (Phi) is 4.41. The minimum atomic E-state index is -0.952. The van der Waals surface area contributed by atoms with Crippen molar-refractivity contribution in [3.63, 3.8) is 0 Å². The van der Waals surface area contributed by atoms with Crippen LogP contribution in [-0.4, -0.2) is 17.2 Å². The minimum Gasteiger partial charge on any atom is -0.478 e. The van der Waals surface area contributed by atoms with Gasteiger partial charge < -0.3 is 9.84 Å². The third kappa shape index (κ3) is 3.60. The van der Waals surface area contributed by atoms with Gasteiger partial charge in [0.15, 0.2) is 6.10 Å². The molecule has 0 heterocycles. The molecule has 1 atom stereocenters. The van der Waals surface area contributed by atoms with Gasteiger partial charge in [-0.15, -0.1) is 0 Å². The molecule has 0 bridgehead atoms. The summed E-state index contributed by atoms with van der Waals surface area (Å²) in [6.45, 7) is 3.99. The second-order valence-electron chi connectivity index (χ2n) is 4.88. The lowest BCUT2D eigenvalue weighted by molar-refractivity contribution is -0.145. The molecule has 0 saturated heterocycles. The van der Waals surface area contributed by atoms with E-state index in [0.29, 0.717) is 12.2 Å². The van der Waals surface area contributed by atoms with E-state index in [-0.39, 0.29) is 0 Å². The fourth-order valence-electron chi connectivity index (χ4n) is 1.96. The lowest BCUT2D eigenvalue weighted by atomic mass is 10.1. The third-order valence-corrected chi connectivity index (χ3v) is 3.30. The highest BCUT2D eigenvalue weighted by Gasteiger charge is 2.20. The van der Waals surface area contributed by atoms with Crippen LogP contribution >= 0.6 is 0 Å². The largest absolute Gasteiger partial charge is 0.478 e. The van der Waals surface area contributed by atoms with Crippen LogP contribution < -0.4 is 4.74 Å². The van der Waals surface area contributed by atoms with Crippen LogP contribution in [0, 0.1) is 13.8 Å². The van der Waals surface area contributed by atoms with Crippen molar-refractivity contribution in [2.45, 2.75) is 26.4 Å². The molecular weight excluding hydrogens is 252 g/mol. The second-order valence-corrected chi connectivity index (χ2v) is 4.88. The number of hydrogen-bond acceptors (Lipinski definition) is 2. The van der Waals surface area contributed by atoms with Crippen molar-refractivity contribution in [1.29, 1.82) is 0 Å². The van der Waals surface area contributed by atoms with E-state index in [1.54, 1.807) is 0 Å². The molecule has 0 unspecified atom stereocenters. The number of rotatable bonds is 5. The van der Waals surface area contributed by atoms with Gasteiger partial charge in [0.2, 0.25) is 0 Å². The molecule has 3 nitrogen and oxygen atoms in total. The molecule has 2 aromatic rings. The van der Waals surface area contributed by atoms with Crippen molar-refractivity contribution in [2.75, 3.05) is 0 Å². The average molecular weight is 270 g/mol. The zero-order valence-corrected chi connectivity index (χ0v) is 11.7. The molecule has 0 fully saturated rings. The van der Waals surface area contributed by atoms with Crippen LogP contribution in [0.5, 0.6) is 5.75 Å². The molecule has 2 aromatic carbocycles. The van der Waals surface area contributed by atoms with E-state index in [9.17, 15) is 9.90 Å². The zero-order chi connectivity index (χ0) is 14.5. The van der Waals surface area contributed by atoms with E-state index in [4.69, 9.17) is 4.74 Å². The predicted molar refractivity (Wildman–Crippen MR) is 78.1 cm³/mol. The molecule has 0 spiro atoms. The molecule has 3 heteroatoms. The topological polar surface area (TPSA) is 46.5 Å². The standard InChI is InChI=1S/C17H18O3/c1-12-8-9-15(10-13(12)2)20-16(17(18)19)11-14-6-4-3-5-7-14/h3-10,16H,11H2,1-2H3,(H,18,19)/t16-/m0/s1. The molecule has 2 rings (SSSR count). The first-order valence-corrected chi connectivity index (χ1v) is 6.57. The van der Waals surface area contributed by atoms with Crippen LogP contribution in [0.3, 0.4) is 0 Å². The van der Waals surface area contributed by atoms with Gasteiger partial charge in [-0.25, -0.2) is 4.79 Å². The van der Waals surface area contributed by atoms with E-state index >= 15 is 0 Å². The Morgan fingerprint density at radius 1 is 1.10 bits per heavy atom. The van der Waals surface area contributed by atoms with Gasteiger partial charge in [0.05, 0.1) is 0 Å². The van der Waals surface area contributed by atoms with Crippen molar-refractivity contribution >= 4 is 5.97 Å². The summed E-state index contributed by atoms with van der Waals surface area (Å²) in [5.41, 5.74) is 3.20. The number of hydrogen-bond donors (Lipinski definition) is 1. The Labute approximate surface area is 118 Å². The highest BCUT2D eigenvalue weighted by Crippen LogP contribution is 2.19. The Balaban J connectivity index is 2.13. The van der Waals surface area contributed by atoms with Gasteiger partial charge in [0.1, 0.15) is 5.75 Å². The van der Waals surface area contributed by atoms with E-state index in [1.807, 2.05) is 62.4 Å². The minimum absolute atomic E-state index is 0.350. The molecule has 0 saturated carbocycles. The Hall–Kier alpha value is -2.29. The maximum atomic E-state index is 11.3. The first-order chi connectivity index (χ1) is 9.56. The molecule has 1 N–H and O–H groups in total. The molecule has 0 aliphatic rings. The van der Waals surface area contributed by atoms with Crippen LogP contribution in [-0.2, 0) is 11.2 Å². The van der Waals surface area contributed by atoms with Crippen LogP contribution in [0.25, 0.3) is 0 Å². The van der Waals surface area contributed by atoms with Gasteiger partial charge in [-0.1, -0.05) is 36.4 Å². The van der Waals surface area contributed by atoms with Crippen molar-refractivity contribution in [3.8, 4) is 5.75 Å². The van der Waals surface area contributed by atoms with Crippen LogP contribution in [0.15, 0.2) is 48.5 Å². The van der Waals surface area contributed by atoms with Gasteiger partial charge in [-0.3, -0.25) is 0 Å².